The predicted octanol–water partition coefficient (Wildman–Crippen LogP) is 1.40. The summed E-state index contributed by atoms with van der Waals surface area (Å²) in [4.78, 5) is 8.48. The fraction of sp³-hybridized carbons (Fsp3) is 0.333. The molecule has 0 amide bonds. The zero-order valence-electron chi connectivity index (χ0n) is 9.46. The monoisotopic (exact) mass is 217 g/mol. The Morgan fingerprint density at radius 3 is 2.88 bits per heavy atom. The third-order valence-electron chi connectivity index (χ3n) is 2.55. The van der Waals surface area contributed by atoms with Gasteiger partial charge < -0.3 is 9.67 Å². The summed E-state index contributed by atoms with van der Waals surface area (Å²) in [6.07, 6.45) is 3.48. The summed E-state index contributed by atoms with van der Waals surface area (Å²) in [6, 6.07) is 5.65. The van der Waals surface area contributed by atoms with Gasteiger partial charge in [0, 0.05) is 31.6 Å². The van der Waals surface area contributed by atoms with Crippen molar-refractivity contribution in [1.82, 2.24) is 14.5 Å². The zero-order valence-corrected chi connectivity index (χ0v) is 9.46. The van der Waals surface area contributed by atoms with E-state index in [9.17, 15) is 5.11 Å². The first-order valence-corrected chi connectivity index (χ1v) is 5.24. The minimum atomic E-state index is -0.596. The summed E-state index contributed by atoms with van der Waals surface area (Å²) in [7, 11) is 1.92. The van der Waals surface area contributed by atoms with Crippen LogP contribution in [0.3, 0.4) is 0 Å². The lowest BCUT2D eigenvalue weighted by molar-refractivity contribution is 0.170. The topological polar surface area (TPSA) is 50.9 Å². The molecule has 4 heteroatoms. The van der Waals surface area contributed by atoms with E-state index in [0.717, 1.165) is 11.5 Å². The highest BCUT2D eigenvalue weighted by Crippen LogP contribution is 2.15. The molecule has 0 saturated carbocycles. The Labute approximate surface area is 94.6 Å². The van der Waals surface area contributed by atoms with Crippen molar-refractivity contribution in [1.29, 1.82) is 0 Å². The Hall–Kier alpha value is -1.68. The van der Waals surface area contributed by atoms with E-state index < -0.39 is 6.10 Å². The van der Waals surface area contributed by atoms with Gasteiger partial charge in [-0.15, -0.1) is 0 Å². The van der Waals surface area contributed by atoms with Crippen LogP contribution >= 0.6 is 0 Å². The summed E-state index contributed by atoms with van der Waals surface area (Å²) in [5, 5.41) is 10.0. The maximum atomic E-state index is 10.0. The predicted molar refractivity (Wildman–Crippen MR) is 60.8 cm³/mol. The van der Waals surface area contributed by atoms with Crippen LogP contribution in [0.15, 0.2) is 30.6 Å². The van der Waals surface area contributed by atoms with Crippen LogP contribution in [0.5, 0.6) is 0 Å². The normalized spacial score (nSPS) is 12.7. The zero-order chi connectivity index (χ0) is 11.5. The average Bonchev–Trinajstić information content (AvgIpc) is 2.64. The largest absolute Gasteiger partial charge is 0.386 e. The molecule has 0 aliphatic heterocycles. The summed E-state index contributed by atoms with van der Waals surface area (Å²) < 4.78 is 1.90. The molecule has 1 unspecified atom stereocenters. The highest BCUT2D eigenvalue weighted by Gasteiger charge is 2.12. The number of hydrogen-bond acceptors (Lipinski definition) is 3. The van der Waals surface area contributed by atoms with Gasteiger partial charge >= 0.3 is 0 Å². The highest BCUT2D eigenvalue weighted by molar-refractivity contribution is 5.13. The van der Waals surface area contributed by atoms with Crippen LogP contribution in [0, 0.1) is 6.92 Å². The van der Waals surface area contributed by atoms with Crippen LogP contribution in [-0.4, -0.2) is 19.6 Å². The van der Waals surface area contributed by atoms with Crippen molar-refractivity contribution >= 4 is 0 Å². The third kappa shape index (κ3) is 2.28. The SMILES string of the molecule is Cc1cccc(C(O)Cc2nccn2C)n1. The quantitative estimate of drug-likeness (QED) is 0.845. The Kier molecular flexibility index (Phi) is 3.01. The molecule has 0 saturated heterocycles. The molecule has 2 aromatic heterocycles. The number of aliphatic hydroxyl groups is 1. The van der Waals surface area contributed by atoms with Crippen molar-refractivity contribution in [2.24, 2.45) is 7.05 Å². The minimum absolute atomic E-state index is 0.486. The molecule has 0 bridgehead atoms. The van der Waals surface area contributed by atoms with E-state index in [2.05, 4.69) is 9.97 Å². The van der Waals surface area contributed by atoms with Gasteiger partial charge in [0.2, 0.25) is 0 Å². The number of aryl methyl sites for hydroxylation is 2. The fourth-order valence-corrected chi connectivity index (χ4v) is 1.62. The second-order valence-corrected chi connectivity index (χ2v) is 3.88. The molecule has 1 atom stereocenters. The molecule has 0 aliphatic rings. The first kappa shape index (κ1) is 10.8. The standard InChI is InChI=1S/C12H15N3O/c1-9-4-3-5-10(14-9)11(16)8-12-13-6-7-15(12)2/h3-7,11,16H,8H2,1-2H3. The van der Waals surface area contributed by atoms with Crippen molar-refractivity contribution in [3.63, 3.8) is 0 Å². The molecule has 84 valence electrons. The lowest BCUT2D eigenvalue weighted by Gasteiger charge is -2.10. The van der Waals surface area contributed by atoms with Crippen LogP contribution in [0.2, 0.25) is 0 Å². The van der Waals surface area contributed by atoms with Gasteiger partial charge in [0.1, 0.15) is 11.9 Å². The summed E-state index contributed by atoms with van der Waals surface area (Å²) >= 11 is 0. The lowest BCUT2D eigenvalue weighted by Crippen LogP contribution is -2.08. The Morgan fingerprint density at radius 2 is 2.25 bits per heavy atom. The van der Waals surface area contributed by atoms with Crippen LogP contribution in [0.25, 0.3) is 0 Å². The molecule has 2 rings (SSSR count). The number of imidazole rings is 1. The van der Waals surface area contributed by atoms with Crippen molar-refractivity contribution in [2.45, 2.75) is 19.4 Å². The molecule has 0 aromatic carbocycles. The van der Waals surface area contributed by atoms with Gasteiger partial charge in [-0.2, -0.15) is 0 Å². The average molecular weight is 217 g/mol. The van der Waals surface area contributed by atoms with E-state index in [4.69, 9.17) is 0 Å². The maximum Gasteiger partial charge on any atom is 0.111 e. The first-order valence-electron chi connectivity index (χ1n) is 5.24. The van der Waals surface area contributed by atoms with Gasteiger partial charge in [0.05, 0.1) is 5.69 Å². The molecule has 0 radical (unpaired) electrons. The number of aliphatic hydroxyl groups excluding tert-OH is 1. The molecule has 1 N–H and O–H groups in total. The van der Waals surface area contributed by atoms with Crippen molar-refractivity contribution in [3.8, 4) is 0 Å². The summed E-state index contributed by atoms with van der Waals surface area (Å²) in [6.45, 7) is 1.91. The Morgan fingerprint density at radius 1 is 1.44 bits per heavy atom. The molecule has 0 spiro atoms. The smallest absolute Gasteiger partial charge is 0.111 e. The molecule has 2 heterocycles. The maximum absolute atomic E-state index is 10.0. The van der Waals surface area contributed by atoms with Crippen molar-refractivity contribution in [2.75, 3.05) is 0 Å². The van der Waals surface area contributed by atoms with E-state index in [-0.39, 0.29) is 0 Å². The molecule has 16 heavy (non-hydrogen) atoms. The number of aromatic nitrogens is 3. The van der Waals surface area contributed by atoms with E-state index in [1.54, 1.807) is 6.20 Å². The second-order valence-electron chi connectivity index (χ2n) is 3.88. The van der Waals surface area contributed by atoms with E-state index >= 15 is 0 Å². The molecule has 0 aliphatic carbocycles. The van der Waals surface area contributed by atoms with Crippen LogP contribution < -0.4 is 0 Å². The number of pyridine rings is 1. The highest BCUT2D eigenvalue weighted by atomic mass is 16.3. The lowest BCUT2D eigenvalue weighted by atomic mass is 10.1. The third-order valence-corrected chi connectivity index (χ3v) is 2.55. The second kappa shape index (κ2) is 4.45. The first-order chi connectivity index (χ1) is 7.66. The summed E-state index contributed by atoms with van der Waals surface area (Å²) in [5.74, 6) is 0.857. The van der Waals surface area contributed by atoms with Gasteiger partial charge in [-0.05, 0) is 19.1 Å². The van der Waals surface area contributed by atoms with Gasteiger partial charge in [0.15, 0.2) is 0 Å². The van der Waals surface area contributed by atoms with E-state index in [1.807, 2.05) is 42.9 Å². The Bertz CT molecular complexity index is 479. The molecule has 2 aromatic rings. The molecular weight excluding hydrogens is 202 g/mol. The molecular formula is C12H15N3O. The van der Waals surface area contributed by atoms with Crippen LogP contribution in [-0.2, 0) is 13.5 Å². The van der Waals surface area contributed by atoms with Gasteiger partial charge in [-0.25, -0.2) is 4.98 Å². The summed E-state index contributed by atoms with van der Waals surface area (Å²) in [5.41, 5.74) is 1.61. The molecule has 4 nitrogen and oxygen atoms in total. The minimum Gasteiger partial charge on any atom is -0.386 e. The number of hydrogen-bond donors (Lipinski definition) is 1. The van der Waals surface area contributed by atoms with E-state index in [1.165, 1.54) is 0 Å². The fourth-order valence-electron chi connectivity index (χ4n) is 1.62. The number of nitrogens with zero attached hydrogens (tertiary/aromatic N) is 3. The number of rotatable bonds is 3. The van der Waals surface area contributed by atoms with E-state index in [0.29, 0.717) is 12.1 Å². The van der Waals surface area contributed by atoms with Gasteiger partial charge in [-0.3, -0.25) is 4.98 Å². The van der Waals surface area contributed by atoms with Crippen LogP contribution in [0.4, 0.5) is 0 Å². The van der Waals surface area contributed by atoms with Gasteiger partial charge in [0.25, 0.3) is 0 Å². The Balaban J connectivity index is 2.14. The van der Waals surface area contributed by atoms with Gasteiger partial charge in [-0.1, -0.05) is 6.07 Å². The van der Waals surface area contributed by atoms with Crippen LogP contribution in [0.1, 0.15) is 23.3 Å². The van der Waals surface area contributed by atoms with Crippen molar-refractivity contribution < 1.29 is 5.11 Å². The van der Waals surface area contributed by atoms with Crippen molar-refractivity contribution in [3.05, 3.63) is 47.8 Å². The molecule has 0 fully saturated rings.